The van der Waals surface area contributed by atoms with Crippen LogP contribution in [-0.2, 0) is 5.41 Å². The van der Waals surface area contributed by atoms with Crippen molar-refractivity contribution in [1.82, 2.24) is 0 Å². The van der Waals surface area contributed by atoms with E-state index in [1.54, 1.807) is 0 Å². The molecule has 0 saturated heterocycles. The number of hydrogen-bond acceptors (Lipinski definition) is 1. The van der Waals surface area contributed by atoms with E-state index in [-0.39, 0.29) is 5.41 Å². The number of hydrogen-bond donors (Lipinski definition) is 0. The SMILES string of the molecule is CC1(C)c2ccc(N(c3ccc(-c4ccccc4)cc3)c3cc4ccccc4c4ccccc34)cc2-c2c(-c3ccc4ccccc4c3)ccc3cccc1c23. The first-order valence-corrected chi connectivity index (χ1v) is 19.6. The summed E-state index contributed by atoms with van der Waals surface area (Å²) in [4.78, 5) is 2.48. The molecular formula is C55H39N. The Kier molecular flexibility index (Phi) is 7.28. The van der Waals surface area contributed by atoms with Crippen molar-refractivity contribution in [3.63, 3.8) is 0 Å². The molecule has 10 aromatic carbocycles. The molecule has 10 aromatic rings. The van der Waals surface area contributed by atoms with Gasteiger partial charge in [-0.25, -0.2) is 0 Å². The molecule has 0 unspecified atom stereocenters. The van der Waals surface area contributed by atoms with E-state index in [1.807, 2.05) is 0 Å². The van der Waals surface area contributed by atoms with Crippen molar-refractivity contribution in [2.45, 2.75) is 19.3 Å². The second-order valence-corrected chi connectivity index (χ2v) is 15.7. The Labute approximate surface area is 327 Å². The summed E-state index contributed by atoms with van der Waals surface area (Å²) < 4.78 is 0. The van der Waals surface area contributed by atoms with Crippen molar-refractivity contribution in [2.75, 3.05) is 4.90 Å². The minimum atomic E-state index is -0.194. The maximum Gasteiger partial charge on any atom is 0.0546 e. The molecule has 0 bridgehead atoms. The molecule has 0 aromatic heterocycles. The van der Waals surface area contributed by atoms with E-state index in [0.717, 1.165) is 17.1 Å². The molecule has 0 radical (unpaired) electrons. The summed E-state index contributed by atoms with van der Waals surface area (Å²) >= 11 is 0. The molecular weight excluding hydrogens is 675 g/mol. The van der Waals surface area contributed by atoms with Crippen LogP contribution in [0.5, 0.6) is 0 Å². The fraction of sp³-hybridized carbons (Fsp3) is 0.0545. The standard InChI is InChI=1S/C55H39N/c1-55(2)50-32-30-44(35-49(50)54-46(31-27-39-18-12-22-51(55)53(39)54)42-24-23-37-15-6-7-16-40(37)33-42)56(43-28-25-38(26-29-43)36-13-4-3-5-14-36)52-34-41-17-8-9-19-45(41)47-20-10-11-21-48(47)52/h3-35H,1-2H3. The average molecular weight is 714 g/mol. The van der Waals surface area contributed by atoms with Crippen LogP contribution in [0.2, 0.25) is 0 Å². The molecule has 1 nitrogen and oxygen atoms in total. The van der Waals surface area contributed by atoms with Gasteiger partial charge in [-0.1, -0.05) is 178 Å². The summed E-state index contributed by atoms with van der Waals surface area (Å²) in [6, 6.07) is 74.1. The van der Waals surface area contributed by atoms with E-state index in [0.29, 0.717) is 0 Å². The van der Waals surface area contributed by atoms with E-state index in [4.69, 9.17) is 0 Å². The highest BCUT2D eigenvalue weighted by Crippen LogP contribution is 2.54. The highest BCUT2D eigenvalue weighted by molar-refractivity contribution is 6.15. The Morgan fingerprint density at radius 3 is 1.80 bits per heavy atom. The lowest BCUT2D eigenvalue weighted by molar-refractivity contribution is 0.645. The van der Waals surface area contributed by atoms with Gasteiger partial charge in [0.2, 0.25) is 0 Å². The first kappa shape index (κ1) is 32.5. The van der Waals surface area contributed by atoms with Crippen molar-refractivity contribution in [1.29, 1.82) is 0 Å². The lowest BCUT2D eigenvalue weighted by Crippen LogP contribution is -2.24. The van der Waals surface area contributed by atoms with E-state index in [9.17, 15) is 0 Å². The van der Waals surface area contributed by atoms with Gasteiger partial charge in [0.15, 0.2) is 0 Å². The Morgan fingerprint density at radius 1 is 0.357 bits per heavy atom. The van der Waals surface area contributed by atoms with E-state index >= 15 is 0 Å². The Hall–Kier alpha value is -6.96. The summed E-state index contributed by atoms with van der Waals surface area (Å²) in [5.74, 6) is 0. The summed E-state index contributed by atoms with van der Waals surface area (Å²) in [6.45, 7) is 4.78. The lowest BCUT2D eigenvalue weighted by atomic mass is 9.67. The zero-order chi connectivity index (χ0) is 37.4. The molecule has 0 fully saturated rings. The highest BCUT2D eigenvalue weighted by Gasteiger charge is 2.35. The lowest BCUT2D eigenvalue weighted by Gasteiger charge is -2.37. The second-order valence-electron chi connectivity index (χ2n) is 15.7. The molecule has 0 spiro atoms. The molecule has 0 heterocycles. The first-order valence-electron chi connectivity index (χ1n) is 19.6. The maximum absolute atomic E-state index is 2.48. The molecule has 1 aliphatic rings. The van der Waals surface area contributed by atoms with Gasteiger partial charge in [0.1, 0.15) is 0 Å². The van der Waals surface area contributed by atoms with Gasteiger partial charge in [0.05, 0.1) is 5.69 Å². The second kappa shape index (κ2) is 12.5. The minimum Gasteiger partial charge on any atom is -0.310 e. The number of benzene rings is 10. The van der Waals surface area contributed by atoms with Crippen LogP contribution < -0.4 is 4.90 Å². The molecule has 11 rings (SSSR count). The molecule has 0 atom stereocenters. The van der Waals surface area contributed by atoms with Gasteiger partial charge in [-0.05, 0) is 119 Å². The third-order valence-corrected chi connectivity index (χ3v) is 12.2. The predicted octanol–water partition coefficient (Wildman–Crippen LogP) is 15.4. The largest absolute Gasteiger partial charge is 0.310 e. The minimum absolute atomic E-state index is 0.194. The normalized spacial score (nSPS) is 13.0. The number of fused-ring (bicyclic) bond motifs is 6. The number of anilines is 3. The average Bonchev–Trinajstić information content (AvgIpc) is 3.26. The number of rotatable bonds is 5. The van der Waals surface area contributed by atoms with Crippen molar-refractivity contribution in [3.05, 3.63) is 211 Å². The van der Waals surface area contributed by atoms with Gasteiger partial charge in [0, 0.05) is 22.2 Å². The molecule has 264 valence electrons. The molecule has 0 aliphatic heterocycles. The van der Waals surface area contributed by atoms with Crippen LogP contribution >= 0.6 is 0 Å². The van der Waals surface area contributed by atoms with Crippen LogP contribution in [0.15, 0.2) is 200 Å². The highest BCUT2D eigenvalue weighted by atomic mass is 15.1. The van der Waals surface area contributed by atoms with Gasteiger partial charge in [-0.3, -0.25) is 0 Å². The third-order valence-electron chi connectivity index (χ3n) is 12.2. The van der Waals surface area contributed by atoms with Gasteiger partial charge >= 0.3 is 0 Å². The van der Waals surface area contributed by atoms with Gasteiger partial charge in [0.25, 0.3) is 0 Å². The van der Waals surface area contributed by atoms with Crippen LogP contribution in [0.1, 0.15) is 25.0 Å². The molecule has 1 heteroatoms. The van der Waals surface area contributed by atoms with E-state index < -0.39 is 0 Å². The molecule has 0 amide bonds. The van der Waals surface area contributed by atoms with Gasteiger partial charge in [-0.15, -0.1) is 0 Å². The van der Waals surface area contributed by atoms with Crippen LogP contribution in [0.3, 0.4) is 0 Å². The van der Waals surface area contributed by atoms with Crippen molar-refractivity contribution < 1.29 is 0 Å². The van der Waals surface area contributed by atoms with Gasteiger partial charge in [-0.2, -0.15) is 0 Å². The van der Waals surface area contributed by atoms with Crippen LogP contribution in [0.25, 0.3) is 76.5 Å². The summed E-state index contributed by atoms with van der Waals surface area (Å²) in [5, 5.41) is 10.1. The van der Waals surface area contributed by atoms with Crippen LogP contribution in [0.4, 0.5) is 17.1 Å². The molecule has 0 saturated carbocycles. The fourth-order valence-electron chi connectivity index (χ4n) is 9.43. The Balaban J connectivity index is 1.19. The number of nitrogens with zero attached hydrogens (tertiary/aromatic N) is 1. The molecule has 0 N–H and O–H groups in total. The summed E-state index contributed by atoms with van der Waals surface area (Å²) in [6.07, 6.45) is 0. The van der Waals surface area contributed by atoms with Crippen LogP contribution in [-0.4, -0.2) is 0 Å². The van der Waals surface area contributed by atoms with E-state index in [1.165, 1.54) is 87.6 Å². The van der Waals surface area contributed by atoms with Crippen LogP contribution in [0, 0.1) is 0 Å². The first-order chi connectivity index (χ1) is 27.5. The maximum atomic E-state index is 2.48. The third kappa shape index (κ3) is 5.01. The zero-order valence-electron chi connectivity index (χ0n) is 31.5. The predicted molar refractivity (Wildman–Crippen MR) is 240 cm³/mol. The summed E-state index contributed by atoms with van der Waals surface area (Å²) in [5.41, 5.74) is 13.5. The van der Waals surface area contributed by atoms with Gasteiger partial charge < -0.3 is 4.90 Å². The van der Waals surface area contributed by atoms with Crippen molar-refractivity contribution >= 4 is 60.2 Å². The summed E-state index contributed by atoms with van der Waals surface area (Å²) in [7, 11) is 0. The quantitative estimate of drug-likeness (QED) is 0.161. The topological polar surface area (TPSA) is 3.24 Å². The van der Waals surface area contributed by atoms with E-state index in [2.05, 4.69) is 219 Å². The molecule has 56 heavy (non-hydrogen) atoms. The van der Waals surface area contributed by atoms with Crippen molar-refractivity contribution in [2.24, 2.45) is 0 Å². The fourth-order valence-corrected chi connectivity index (χ4v) is 9.43. The van der Waals surface area contributed by atoms with Crippen molar-refractivity contribution in [3.8, 4) is 33.4 Å². The zero-order valence-corrected chi connectivity index (χ0v) is 31.5. The smallest absolute Gasteiger partial charge is 0.0546 e. The Morgan fingerprint density at radius 2 is 0.982 bits per heavy atom. The Bertz CT molecular complexity index is 3150. The monoisotopic (exact) mass is 713 g/mol. The molecule has 1 aliphatic carbocycles.